The molecular formula is C6H9NO6. The lowest BCUT2D eigenvalue weighted by atomic mass is 10.1. The monoisotopic (exact) mass is 191 g/mol. The standard InChI is InChI=1S/C6H9NO6/c7-3(5(9)10)1-4(6(11)12)13-2-8/h2-4H,1,7H2,(H,9,10)(H,11,12)/t3-,4?/m1/s1. The summed E-state index contributed by atoms with van der Waals surface area (Å²) in [5, 5.41) is 16.7. The van der Waals surface area contributed by atoms with Crippen LogP contribution in [0.3, 0.4) is 0 Å². The van der Waals surface area contributed by atoms with Crippen molar-refractivity contribution in [1.82, 2.24) is 0 Å². The highest BCUT2D eigenvalue weighted by Gasteiger charge is 2.25. The van der Waals surface area contributed by atoms with Crippen LogP contribution in [0, 0.1) is 0 Å². The molecule has 0 aromatic rings. The Bertz CT molecular complexity index is 215. The van der Waals surface area contributed by atoms with Crippen LogP contribution >= 0.6 is 0 Å². The number of rotatable bonds is 6. The first-order chi connectivity index (χ1) is 5.99. The lowest BCUT2D eigenvalue weighted by molar-refractivity contribution is -0.158. The highest BCUT2D eigenvalue weighted by Crippen LogP contribution is 2.00. The molecule has 0 rings (SSSR count). The Labute approximate surface area is 73.1 Å². The van der Waals surface area contributed by atoms with E-state index in [0.29, 0.717) is 0 Å². The zero-order valence-corrected chi connectivity index (χ0v) is 6.54. The van der Waals surface area contributed by atoms with Gasteiger partial charge in [-0.1, -0.05) is 0 Å². The molecule has 0 aliphatic heterocycles. The van der Waals surface area contributed by atoms with Crippen LogP contribution in [0.5, 0.6) is 0 Å². The normalized spacial score (nSPS) is 14.2. The van der Waals surface area contributed by atoms with Gasteiger partial charge in [0.1, 0.15) is 6.04 Å². The summed E-state index contributed by atoms with van der Waals surface area (Å²) in [6, 6.07) is -1.36. The minimum atomic E-state index is -1.51. The second kappa shape index (κ2) is 5.09. The largest absolute Gasteiger partial charge is 0.480 e. The molecule has 0 aliphatic carbocycles. The summed E-state index contributed by atoms with van der Waals surface area (Å²) < 4.78 is 4.10. The zero-order valence-electron chi connectivity index (χ0n) is 6.54. The molecule has 0 fully saturated rings. The quantitative estimate of drug-likeness (QED) is 0.432. The van der Waals surface area contributed by atoms with Crippen LogP contribution in [-0.4, -0.2) is 40.8 Å². The van der Waals surface area contributed by atoms with Crippen molar-refractivity contribution >= 4 is 18.4 Å². The van der Waals surface area contributed by atoms with Crippen molar-refractivity contribution in [1.29, 1.82) is 0 Å². The van der Waals surface area contributed by atoms with Crippen LogP contribution in [0.2, 0.25) is 0 Å². The molecular weight excluding hydrogens is 182 g/mol. The Morgan fingerprint density at radius 3 is 2.23 bits per heavy atom. The molecule has 1 unspecified atom stereocenters. The summed E-state index contributed by atoms with van der Waals surface area (Å²) in [5.41, 5.74) is 5.03. The van der Waals surface area contributed by atoms with Crippen molar-refractivity contribution < 1.29 is 29.3 Å². The van der Waals surface area contributed by atoms with Gasteiger partial charge >= 0.3 is 11.9 Å². The van der Waals surface area contributed by atoms with Gasteiger partial charge < -0.3 is 20.7 Å². The van der Waals surface area contributed by atoms with Crippen LogP contribution in [0.1, 0.15) is 6.42 Å². The van der Waals surface area contributed by atoms with Gasteiger partial charge in [0.25, 0.3) is 6.47 Å². The third-order valence-corrected chi connectivity index (χ3v) is 1.28. The van der Waals surface area contributed by atoms with Gasteiger partial charge in [-0.05, 0) is 0 Å². The van der Waals surface area contributed by atoms with Gasteiger partial charge in [0.05, 0.1) is 0 Å². The third kappa shape index (κ3) is 4.06. The van der Waals surface area contributed by atoms with Crippen molar-refractivity contribution in [2.45, 2.75) is 18.6 Å². The molecule has 0 aromatic carbocycles. The number of carbonyl (C=O) groups is 3. The van der Waals surface area contributed by atoms with Gasteiger partial charge in [-0.2, -0.15) is 0 Å². The third-order valence-electron chi connectivity index (χ3n) is 1.28. The van der Waals surface area contributed by atoms with Gasteiger partial charge in [-0.15, -0.1) is 0 Å². The summed E-state index contributed by atoms with van der Waals surface area (Å²) in [5.74, 6) is -2.77. The van der Waals surface area contributed by atoms with Crippen molar-refractivity contribution in [2.75, 3.05) is 0 Å². The van der Waals surface area contributed by atoms with Gasteiger partial charge in [0.2, 0.25) is 0 Å². The molecule has 0 saturated carbocycles. The maximum absolute atomic E-state index is 10.3. The molecule has 0 radical (unpaired) electrons. The predicted octanol–water partition coefficient (Wildman–Crippen LogP) is -1.59. The molecule has 7 heteroatoms. The van der Waals surface area contributed by atoms with Crippen molar-refractivity contribution in [3.05, 3.63) is 0 Å². The summed E-state index contributed by atoms with van der Waals surface area (Å²) in [7, 11) is 0. The zero-order chi connectivity index (χ0) is 10.4. The highest BCUT2D eigenvalue weighted by molar-refractivity contribution is 5.77. The first kappa shape index (κ1) is 11.4. The van der Waals surface area contributed by atoms with Gasteiger partial charge in [0, 0.05) is 6.42 Å². The molecule has 7 nitrogen and oxygen atoms in total. The molecule has 0 heterocycles. The minimum Gasteiger partial charge on any atom is -0.480 e. The molecule has 0 bridgehead atoms. The highest BCUT2D eigenvalue weighted by atomic mass is 16.5. The number of nitrogens with two attached hydrogens (primary N) is 1. The van der Waals surface area contributed by atoms with E-state index in [1.165, 1.54) is 0 Å². The number of carboxylic acids is 2. The summed E-state index contributed by atoms with van der Waals surface area (Å²) >= 11 is 0. The minimum absolute atomic E-state index is 0.0621. The molecule has 13 heavy (non-hydrogen) atoms. The first-order valence-corrected chi connectivity index (χ1v) is 3.29. The molecule has 0 spiro atoms. The SMILES string of the molecule is N[C@H](CC(OC=O)C(=O)O)C(=O)O. The molecule has 0 amide bonds. The number of ether oxygens (including phenoxy) is 1. The Kier molecular flexibility index (Phi) is 4.45. The van der Waals surface area contributed by atoms with Crippen LogP contribution in [0.4, 0.5) is 0 Å². The number of carbonyl (C=O) groups excluding carboxylic acids is 1. The molecule has 2 atom stereocenters. The average Bonchev–Trinajstić information content (AvgIpc) is 2.03. The van der Waals surface area contributed by atoms with Crippen molar-refractivity contribution in [3.63, 3.8) is 0 Å². The van der Waals surface area contributed by atoms with Crippen LogP contribution in [-0.2, 0) is 19.1 Å². The molecule has 0 aromatic heterocycles. The fraction of sp³-hybridized carbons (Fsp3) is 0.500. The fourth-order valence-electron chi connectivity index (χ4n) is 0.613. The Hall–Kier alpha value is -1.63. The lowest BCUT2D eigenvalue weighted by Gasteiger charge is -2.12. The first-order valence-electron chi connectivity index (χ1n) is 3.29. The number of hydrogen-bond donors (Lipinski definition) is 3. The van der Waals surface area contributed by atoms with Crippen LogP contribution in [0.25, 0.3) is 0 Å². The van der Waals surface area contributed by atoms with Gasteiger partial charge in [-0.3, -0.25) is 9.59 Å². The average molecular weight is 191 g/mol. The van der Waals surface area contributed by atoms with E-state index in [9.17, 15) is 14.4 Å². The fourth-order valence-corrected chi connectivity index (χ4v) is 0.613. The maximum Gasteiger partial charge on any atom is 0.345 e. The van der Waals surface area contributed by atoms with E-state index in [1.54, 1.807) is 0 Å². The lowest BCUT2D eigenvalue weighted by Crippen LogP contribution is -2.37. The van der Waals surface area contributed by atoms with Crippen molar-refractivity contribution in [2.24, 2.45) is 5.73 Å². The van der Waals surface area contributed by atoms with E-state index < -0.39 is 30.5 Å². The second-order valence-corrected chi connectivity index (χ2v) is 2.24. The van der Waals surface area contributed by atoms with E-state index in [4.69, 9.17) is 15.9 Å². The van der Waals surface area contributed by atoms with Gasteiger partial charge in [0.15, 0.2) is 6.10 Å². The van der Waals surface area contributed by atoms with Gasteiger partial charge in [-0.25, -0.2) is 4.79 Å². The Morgan fingerprint density at radius 1 is 1.38 bits per heavy atom. The summed E-state index contributed by atoms with van der Waals surface area (Å²) in [4.78, 5) is 30.3. The maximum atomic E-state index is 10.3. The van der Waals surface area contributed by atoms with E-state index >= 15 is 0 Å². The molecule has 4 N–H and O–H groups in total. The molecule has 74 valence electrons. The Balaban J connectivity index is 4.16. The van der Waals surface area contributed by atoms with E-state index in [1.807, 2.05) is 0 Å². The van der Waals surface area contributed by atoms with Crippen LogP contribution in [0.15, 0.2) is 0 Å². The predicted molar refractivity (Wildman–Crippen MR) is 38.8 cm³/mol. The Morgan fingerprint density at radius 2 is 1.92 bits per heavy atom. The van der Waals surface area contributed by atoms with E-state index in [2.05, 4.69) is 4.74 Å². The smallest absolute Gasteiger partial charge is 0.345 e. The van der Waals surface area contributed by atoms with E-state index in [0.717, 1.165) is 0 Å². The number of hydrogen-bond acceptors (Lipinski definition) is 5. The topological polar surface area (TPSA) is 127 Å². The summed E-state index contributed by atoms with van der Waals surface area (Å²) in [6.45, 7) is -0.0621. The van der Waals surface area contributed by atoms with Crippen LogP contribution < -0.4 is 5.73 Å². The second-order valence-electron chi connectivity index (χ2n) is 2.24. The molecule has 0 aliphatic rings. The summed E-state index contributed by atoms with van der Waals surface area (Å²) in [6.07, 6.45) is -1.97. The number of aliphatic carboxylic acids is 2. The van der Waals surface area contributed by atoms with Crippen molar-refractivity contribution in [3.8, 4) is 0 Å². The number of carboxylic acid groups (broad SMARTS) is 2. The molecule has 0 saturated heterocycles. The van der Waals surface area contributed by atoms with E-state index in [-0.39, 0.29) is 6.47 Å².